The predicted molar refractivity (Wildman–Crippen MR) is 80.2 cm³/mol. The van der Waals surface area contributed by atoms with Gasteiger partial charge in [-0.15, -0.1) is 0 Å². The molecule has 0 spiro atoms. The van der Waals surface area contributed by atoms with Crippen molar-refractivity contribution in [1.29, 1.82) is 0 Å². The lowest BCUT2D eigenvalue weighted by atomic mass is 10.0. The highest BCUT2D eigenvalue weighted by Crippen LogP contribution is 2.15. The lowest BCUT2D eigenvalue weighted by Crippen LogP contribution is -2.51. The molecule has 1 aromatic rings. The van der Waals surface area contributed by atoms with Crippen LogP contribution < -0.4 is 5.32 Å². The number of carbonyl (C=O) groups is 2. The van der Waals surface area contributed by atoms with Crippen molar-refractivity contribution in [3.8, 4) is 0 Å². The molecule has 0 unspecified atom stereocenters. The third-order valence-electron chi connectivity index (χ3n) is 3.92. The van der Waals surface area contributed by atoms with Gasteiger partial charge in [-0.05, 0) is 19.3 Å². The zero-order valence-electron chi connectivity index (χ0n) is 11.9. The van der Waals surface area contributed by atoms with E-state index < -0.39 is 6.04 Å². The summed E-state index contributed by atoms with van der Waals surface area (Å²) >= 11 is 0. The lowest BCUT2D eigenvalue weighted by Gasteiger charge is -2.32. The van der Waals surface area contributed by atoms with Crippen LogP contribution in [0.25, 0.3) is 0 Å². The topological polar surface area (TPSA) is 61.8 Å². The van der Waals surface area contributed by atoms with Crippen molar-refractivity contribution in [2.24, 2.45) is 4.99 Å². The number of benzene rings is 1. The fourth-order valence-corrected chi connectivity index (χ4v) is 2.79. The standard InChI is InChI=1S/C16H19N3O2/c20-14-11-13(15(21)12-7-3-1-4-8-12)17-16(18-14)19-9-5-2-6-10-19/h1,3-4,7-8,13H,2,5-6,9-11H2,(H,17,18,20)/t13-/m0/s1. The first-order valence-corrected chi connectivity index (χ1v) is 7.46. The number of Topliss-reactive ketones (excluding diaryl/α,β-unsaturated/α-hetero) is 1. The van der Waals surface area contributed by atoms with Crippen molar-refractivity contribution in [3.63, 3.8) is 0 Å². The monoisotopic (exact) mass is 285 g/mol. The summed E-state index contributed by atoms with van der Waals surface area (Å²) in [7, 11) is 0. The third kappa shape index (κ3) is 3.12. The van der Waals surface area contributed by atoms with Gasteiger partial charge in [0, 0.05) is 18.7 Å². The van der Waals surface area contributed by atoms with Crippen molar-refractivity contribution < 1.29 is 9.59 Å². The molecule has 110 valence electrons. The highest BCUT2D eigenvalue weighted by atomic mass is 16.2. The van der Waals surface area contributed by atoms with Crippen LogP contribution in [-0.2, 0) is 4.79 Å². The van der Waals surface area contributed by atoms with Gasteiger partial charge in [0.15, 0.2) is 5.78 Å². The summed E-state index contributed by atoms with van der Waals surface area (Å²) in [5.74, 6) is 0.361. The number of piperidine rings is 1. The Kier molecular flexibility index (Phi) is 3.99. The number of likely N-dealkylation sites (tertiary alicyclic amines) is 1. The number of ketones is 1. The minimum Gasteiger partial charge on any atom is -0.343 e. The maximum atomic E-state index is 12.5. The summed E-state index contributed by atoms with van der Waals surface area (Å²) in [5.41, 5.74) is 0.610. The Balaban J connectivity index is 1.81. The molecule has 3 rings (SSSR count). The van der Waals surface area contributed by atoms with Gasteiger partial charge in [0.25, 0.3) is 0 Å². The Labute approximate surface area is 124 Å². The normalized spacial score (nSPS) is 22.5. The molecule has 5 heteroatoms. The third-order valence-corrected chi connectivity index (χ3v) is 3.92. The van der Waals surface area contributed by atoms with Crippen LogP contribution in [0.2, 0.25) is 0 Å². The molecule has 2 heterocycles. The molecule has 2 aliphatic rings. The molecule has 2 aliphatic heterocycles. The maximum Gasteiger partial charge on any atom is 0.229 e. The molecule has 1 amide bonds. The van der Waals surface area contributed by atoms with Crippen LogP contribution in [-0.4, -0.2) is 41.7 Å². The number of carbonyl (C=O) groups excluding carboxylic acids is 2. The van der Waals surface area contributed by atoms with E-state index in [1.54, 1.807) is 12.1 Å². The Hall–Kier alpha value is -2.17. The van der Waals surface area contributed by atoms with E-state index in [1.807, 2.05) is 18.2 Å². The molecular weight excluding hydrogens is 266 g/mol. The summed E-state index contributed by atoms with van der Waals surface area (Å²) in [5, 5.41) is 2.81. The zero-order chi connectivity index (χ0) is 14.7. The second-order valence-electron chi connectivity index (χ2n) is 5.50. The highest BCUT2D eigenvalue weighted by molar-refractivity contribution is 6.08. The number of aliphatic imine (C=N–C) groups is 1. The van der Waals surface area contributed by atoms with E-state index in [0.29, 0.717) is 11.5 Å². The van der Waals surface area contributed by atoms with Crippen molar-refractivity contribution in [1.82, 2.24) is 10.2 Å². The Morgan fingerprint density at radius 2 is 1.86 bits per heavy atom. The first kappa shape index (κ1) is 13.8. The molecule has 1 N–H and O–H groups in total. The maximum absolute atomic E-state index is 12.5. The Bertz CT molecular complexity index is 562. The van der Waals surface area contributed by atoms with Crippen molar-refractivity contribution in [3.05, 3.63) is 35.9 Å². The molecule has 0 bridgehead atoms. The quantitative estimate of drug-likeness (QED) is 0.840. The second kappa shape index (κ2) is 6.08. The Morgan fingerprint density at radius 1 is 1.14 bits per heavy atom. The SMILES string of the molecule is O=C1C[C@@H](C(=O)c2ccccc2)N=C(N2CCCCC2)N1. The first-order valence-electron chi connectivity index (χ1n) is 7.46. The van der Waals surface area contributed by atoms with Gasteiger partial charge in [0.1, 0.15) is 6.04 Å². The first-order chi connectivity index (χ1) is 10.2. The predicted octanol–water partition coefficient (Wildman–Crippen LogP) is 1.60. The van der Waals surface area contributed by atoms with Gasteiger partial charge >= 0.3 is 0 Å². The number of guanidine groups is 1. The number of rotatable bonds is 2. The van der Waals surface area contributed by atoms with Gasteiger partial charge in [0.05, 0.1) is 6.42 Å². The van der Waals surface area contributed by atoms with Crippen molar-refractivity contribution in [2.75, 3.05) is 13.1 Å². The average Bonchev–Trinajstić information content (AvgIpc) is 2.55. The molecule has 0 saturated carbocycles. The molecule has 21 heavy (non-hydrogen) atoms. The fraction of sp³-hybridized carbons (Fsp3) is 0.438. The summed E-state index contributed by atoms with van der Waals surface area (Å²) in [6, 6.07) is 8.46. The van der Waals surface area contributed by atoms with Crippen LogP contribution in [0.4, 0.5) is 0 Å². The molecule has 0 radical (unpaired) electrons. The van der Waals surface area contributed by atoms with Crippen molar-refractivity contribution in [2.45, 2.75) is 31.7 Å². The van der Waals surface area contributed by atoms with Crippen LogP contribution in [0, 0.1) is 0 Å². The van der Waals surface area contributed by atoms with Gasteiger partial charge in [-0.2, -0.15) is 0 Å². The van der Waals surface area contributed by atoms with Gasteiger partial charge in [0.2, 0.25) is 11.9 Å². The highest BCUT2D eigenvalue weighted by Gasteiger charge is 2.30. The van der Waals surface area contributed by atoms with E-state index in [9.17, 15) is 9.59 Å². The van der Waals surface area contributed by atoms with Crippen LogP contribution >= 0.6 is 0 Å². The number of hydrogen-bond acceptors (Lipinski definition) is 4. The number of hydrogen-bond donors (Lipinski definition) is 1. The fourth-order valence-electron chi connectivity index (χ4n) is 2.79. The minimum absolute atomic E-state index is 0.0834. The van der Waals surface area contributed by atoms with E-state index in [-0.39, 0.29) is 18.1 Å². The second-order valence-corrected chi connectivity index (χ2v) is 5.50. The van der Waals surface area contributed by atoms with Gasteiger partial charge in [-0.25, -0.2) is 4.99 Å². The smallest absolute Gasteiger partial charge is 0.229 e. The zero-order valence-corrected chi connectivity index (χ0v) is 11.9. The summed E-state index contributed by atoms with van der Waals surface area (Å²) in [4.78, 5) is 30.9. The molecule has 1 saturated heterocycles. The lowest BCUT2D eigenvalue weighted by molar-refractivity contribution is -0.120. The van der Waals surface area contributed by atoms with E-state index in [0.717, 1.165) is 25.9 Å². The summed E-state index contributed by atoms with van der Waals surface area (Å²) in [6.45, 7) is 1.79. The molecular formula is C16H19N3O2. The van der Waals surface area contributed by atoms with E-state index in [1.165, 1.54) is 6.42 Å². The average molecular weight is 285 g/mol. The van der Waals surface area contributed by atoms with E-state index in [2.05, 4.69) is 15.2 Å². The number of nitrogens with zero attached hydrogens (tertiary/aromatic N) is 2. The summed E-state index contributed by atoms with van der Waals surface area (Å²) < 4.78 is 0. The molecule has 5 nitrogen and oxygen atoms in total. The summed E-state index contributed by atoms with van der Waals surface area (Å²) in [6.07, 6.45) is 3.55. The van der Waals surface area contributed by atoms with Gasteiger partial charge < -0.3 is 4.90 Å². The van der Waals surface area contributed by atoms with Crippen LogP contribution in [0.3, 0.4) is 0 Å². The van der Waals surface area contributed by atoms with E-state index >= 15 is 0 Å². The molecule has 0 aromatic heterocycles. The number of amides is 1. The van der Waals surface area contributed by atoms with Gasteiger partial charge in [-0.3, -0.25) is 14.9 Å². The van der Waals surface area contributed by atoms with Crippen LogP contribution in [0.15, 0.2) is 35.3 Å². The largest absolute Gasteiger partial charge is 0.343 e. The van der Waals surface area contributed by atoms with Crippen molar-refractivity contribution >= 4 is 17.6 Å². The van der Waals surface area contributed by atoms with E-state index in [4.69, 9.17) is 0 Å². The Morgan fingerprint density at radius 3 is 2.57 bits per heavy atom. The van der Waals surface area contributed by atoms with Crippen LogP contribution in [0.1, 0.15) is 36.0 Å². The molecule has 1 fully saturated rings. The molecule has 1 atom stereocenters. The molecule has 1 aromatic carbocycles. The number of nitrogens with one attached hydrogen (secondary N) is 1. The molecule has 0 aliphatic carbocycles. The van der Waals surface area contributed by atoms with Gasteiger partial charge in [-0.1, -0.05) is 30.3 Å². The minimum atomic E-state index is -0.599. The van der Waals surface area contributed by atoms with Crippen LogP contribution in [0.5, 0.6) is 0 Å².